The summed E-state index contributed by atoms with van der Waals surface area (Å²) in [5.41, 5.74) is 5.38. The molecule has 0 aromatic carbocycles. The SMILES string of the molecule is Nc1nsc(NCC2CCCO2)n1. The molecule has 0 aliphatic carbocycles. The van der Waals surface area contributed by atoms with Crippen LogP contribution in [0.1, 0.15) is 12.8 Å². The van der Waals surface area contributed by atoms with Crippen LogP contribution in [0.25, 0.3) is 0 Å². The van der Waals surface area contributed by atoms with Gasteiger partial charge in [-0.3, -0.25) is 0 Å². The number of ether oxygens (including phenoxy) is 1. The Bertz CT molecular complexity index is 271. The highest BCUT2D eigenvalue weighted by molar-refractivity contribution is 7.09. The van der Waals surface area contributed by atoms with Gasteiger partial charge in [-0.1, -0.05) is 0 Å². The molecule has 1 saturated heterocycles. The van der Waals surface area contributed by atoms with Gasteiger partial charge in [0.2, 0.25) is 11.1 Å². The van der Waals surface area contributed by atoms with Crippen LogP contribution < -0.4 is 11.1 Å². The smallest absolute Gasteiger partial charge is 0.233 e. The summed E-state index contributed by atoms with van der Waals surface area (Å²) < 4.78 is 9.31. The molecular formula is C7H12N4OS. The molecule has 0 amide bonds. The first kappa shape index (κ1) is 8.71. The summed E-state index contributed by atoms with van der Waals surface area (Å²) >= 11 is 1.28. The van der Waals surface area contributed by atoms with E-state index in [1.165, 1.54) is 11.5 Å². The van der Waals surface area contributed by atoms with Gasteiger partial charge in [-0.15, -0.1) is 0 Å². The van der Waals surface area contributed by atoms with Crippen molar-refractivity contribution in [3.63, 3.8) is 0 Å². The van der Waals surface area contributed by atoms with Gasteiger partial charge >= 0.3 is 0 Å². The Morgan fingerprint density at radius 3 is 3.23 bits per heavy atom. The molecular weight excluding hydrogens is 188 g/mol. The maximum atomic E-state index is 5.44. The van der Waals surface area contributed by atoms with E-state index in [1.807, 2.05) is 0 Å². The largest absolute Gasteiger partial charge is 0.376 e. The molecule has 3 N–H and O–H groups in total. The lowest BCUT2D eigenvalue weighted by Gasteiger charge is -2.08. The van der Waals surface area contributed by atoms with Crippen molar-refractivity contribution in [2.45, 2.75) is 18.9 Å². The van der Waals surface area contributed by atoms with Crippen LogP contribution in [0.5, 0.6) is 0 Å². The first-order valence-electron chi connectivity index (χ1n) is 4.29. The Morgan fingerprint density at radius 1 is 1.69 bits per heavy atom. The van der Waals surface area contributed by atoms with E-state index in [9.17, 15) is 0 Å². The lowest BCUT2D eigenvalue weighted by molar-refractivity contribution is 0.120. The monoisotopic (exact) mass is 200 g/mol. The lowest BCUT2D eigenvalue weighted by Crippen LogP contribution is -2.18. The van der Waals surface area contributed by atoms with E-state index in [4.69, 9.17) is 10.5 Å². The second-order valence-electron chi connectivity index (χ2n) is 2.97. The molecule has 72 valence electrons. The first-order valence-corrected chi connectivity index (χ1v) is 5.06. The molecule has 5 nitrogen and oxygen atoms in total. The summed E-state index contributed by atoms with van der Waals surface area (Å²) in [4.78, 5) is 3.99. The molecule has 13 heavy (non-hydrogen) atoms. The van der Waals surface area contributed by atoms with Crippen molar-refractivity contribution in [2.24, 2.45) is 0 Å². The maximum absolute atomic E-state index is 5.44. The van der Waals surface area contributed by atoms with Gasteiger partial charge in [0.15, 0.2) is 0 Å². The van der Waals surface area contributed by atoms with Gasteiger partial charge in [0, 0.05) is 24.7 Å². The Kier molecular flexibility index (Phi) is 2.60. The fourth-order valence-corrected chi connectivity index (χ4v) is 1.82. The predicted molar refractivity (Wildman–Crippen MR) is 51.8 cm³/mol. The van der Waals surface area contributed by atoms with Crippen LogP contribution in [0.3, 0.4) is 0 Å². The normalized spacial score (nSPS) is 22.0. The Hall–Kier alpha value is -0.880. The van der Waals surface area contributed by atoms with Crippen LogP contribution >= 0.6 is 11.5 Å². The molecule has 1 aliphatic heterocycles. The third-order valence-electron chi connectivity index (χ3n) is 1.95. The standard InChI is InChI=1S/C7H12N4OS/c8-6-10-7(13-11-6)9-4-5-2-1-3-12-5/h5H,1-4H2,(H3,8,9,10,11). The second-order valence-corrected chi connectivity index (χ2v) is 3.73. The quantitative estimate of drug-likeness (QED) is 0.751. The summed E-state index contributed by atoms with van der Waals surface area (Å²) in [6, 6.07) is 0. The van der Waals surface area contributed by atoms with Crippen molar-refractivity contribution in [2.75, 3.05) is 24.2 Å². The number of hydrogen-bond donors (Lipinski definition) is 2. The van der Waals surface area contributed by atoms with E-state index in [1.54, 1.807) is 0 Å². The van der Waals surface area contributed by atoms with Gasteiger partial charge in [-0.05, 0) is 12.8 Å². The zero-order valence-corrected chi connectivity index (χ0v) is 8.01. The number of nitrogens with two attached hydrogens (primary N) is 1. The van der Waals surface area contributed by atoms with Gasteiger partial charge in [-0.2, -0.15) is 9.36 Å². The van der Waals surface area contributed by atoms with E-state index in [2.05, 4.69) is 14.7 Å². The third kappa shape index (κ3) is 2.28. The highest BCUT2D eigenvalue weighted by Crippen LogP contribution is 2.15. The summed E-state index contributed by atoms with van der Waals surface area (Å²) in [6.07, 6.45) is 2.61. The lowest BCUT2D eigenvalue weighted by atomic mass is 10.2. The van der Waals surface area contributed by atoms with Gasteiger partial charge in [-0.25, -0.2) is 0 Å². The maximum Gasteiger partial charge on any atom is 0.233 e. The summed E-state index contributed by atoms with van der Waals surface area (Å²) in [5, 5.41) is 3.92. The Labute approximate surface area is 80.5 Å². The number of nitrogen functional groups attached to an aromatic ring is 1. The average Bonchev–Trinajstić information content (AvgIpc) is 2.71. The minimum absolute atomic E-state index is 0.324. The molecule has 1 aromatic rings. The van der Waals surface area contributed by atoms with Gasteiger partial charge in [0.25, 0.3) is 0 Å². The van der Waals surface area contributed by atoms with E-state index in [-0.39, 0.29) is 0 Å². The summed E-state index contributed by atoms with van der Waals surface area (Å²) in [5.74, 6) is 0.333. The molecule has 1 atom stereocenters. The third-order valence-corrected chi connectivity index (χ3v) is 2.63. The molecule has 0 spiro atoms. The van der Waals surface area contributed by atoms with Crippen LogP contribution in [-0.2, 0) is 4.74 Å². The minimum atomic E-state index is 0.324. The Morgan fingerprint density at radius 2 is 2.62 bits per heavy atom. The minimum Gasteiger partial charge on any atom is -0.376 e. The van der Waals surface area contributed by atoms with E-state index in [0.29, 0.717) is 12.1 Å². The van der Waals surface area contributed by atoms with E-state index < -0.39 is 0 Å². The van der Waals surface area contributed by atoms with Crippen molar-refractivity contribution in [1.29, 1.82) is 0 Å². The molecule has 1 aliphatic rings. The number of nitrogens with one attached hydrogen (secondary N) is 1. The van der Waals surface area contributed by atoms with Crippen molar-refractivity contribution in [3.8, 4) is 0 Å². The van der Waals surface area contributed by atoms with Gasteiger partial charge in [0.05, 0.1) is 6.10 Å². The molecule has 0 saturated carbocycles. The first-order chi connectivity index (χ1) is 6.34. The molecule has 2 rings (SSSR count). The van der Waals surface area contributed by atoms with Gasteiger partial charge < -0.3 is 15.8 Å². The Balaban J connectivity index is 1.78. The number of nitrogens with zero attached hydrogens (tertiary/aromatic N) is 2. The zero-order valence-electron chi connectivity index (χ0n) is 7.19. The number of anilines is 2. The zero-order chi connectivity index (χ0) is 9.10. The number of hydrogen-bond acceptors (Lipinski definition) is 6. The van der Waals surface area contributed by atoms with Crippen molar-refractivity contribution < 1.29 is 4.74 Å². The van der Waals surface area contributed by atoms with Crippen molar-refractivity contribution in [1.82, 2.24) is 9.36 Å². The molecule has 1 unspecified atom stereocenters. The highest BCUT2D eigenvalue weighted by atomic mass is 32.1. The number of aromatic nitrogens is 2. The van der Waals surface area contributed by atoms with Crippen LogP contribution in [0.2, 0.25) is 0 Å². The van der Waals surface area contributed by atoms with Crippen LogP contribution in [0, 0.1) is 0 Å². The fourth-order valence-electron chi connectivity index (χ4n) is 1.31. The van der Waals surface area contributed by atoms with Crippen LogP contribution in [0.4, 0.5) is 11.1 Å². The molecule has 0 radical (unpaired) electrons. The topological polar surface area (TPSA) is 73.1 Å². The second kappa shape index (κ2) is 3.89. The number of rotatable bonds is 3. The van der Waals surface area contributed by atoms with Crippen LogP contribution in [-0.4, -0.2) is 28.6 Å². The molecule has 6 heteroatoms. The average molecular weight is 200 g/mol. The van der Waals surface area contributed by atoms with Crippen molar-refractivity contribution in [3.05, 3.63) is 0 Å². The molecule has 1 fully saturated rings. The molecule has 0 bridgehead atoms. The molecule has 2 heterocycles. The fraction of sp³-hybridized carbons (Fsp3) is 0.714. The van der Waals surface area contributed by atoms with E-state index in [0.717, 1.165) is 31.1 Å². The van der Waals surface area contributed by atoms with Crippen molar-refractivity contribution >= 4 is 22.6 Å². The summed E-state index contributed by atoms with van der Waals surface area (Å²) in [6.45, 7) is 1.68. The van der Waals surface area contributed by atoms with Crippen LogP contribution in [0.15, 0.2) is 0 Å². The van der Waals surface area contributed by atoms with Gasteiger partial charge in [0.1, 0.15) is 0 Å². The molecule has 1 aromatic heterocycles. The predicted octanol–water partition coefficient (Wildman–Crippen LogP) is 0.711. The van der Waals surface area contributed by atoms with E-state index >= 15 is 0 Å². The summed E-state index contributed by atoms with van der Waals surface area (Å²) in [7, 11) is 0. The highest BCUT2D eigenvalue weighted by Gasteiger charge is 2.15.